The van der Waals surface area contributed by atoms with Crippen LogP contribution in [0.15, 0.2) is 6.07 Å². The molecule has 2 aliphatic carbocycles. The fraction of sp³-hybridized carbons (Fsp3) is 0.737. The van der Waals surface area contributed by atoms with E-state index in [0.717, 1.165) is 24.6 Å². The minimum absolute atomic E-state index is 0.210. The van der Waals surface area contributed by atoms with Crippen molar-refractivity contribution in [2.45, 2.75) is 64.0 Å². The molecule has 4 rings (SSSR count). The molecule has 3 aliphatic rings. The number of hydrogen-bond donors (Lipinski definition) is 2. The second kappa shape index (κ2) is 6.28. The van der Waals surface area contributed by atoms with Gasteiger partial charge in [-0.3, -0.25) is 0 Å². The molecule has 1 saturated heterocycles. The first-order valence-corrected chi connectivity index (χ1v) is 9.69. The second-order valence-electron chi connectivity index (χ2n) is 8.90. The third kappa shape index (κ3) is 3.57. The van der Waals surface area contributed by atoms with Crippen LogP contribution in [0, 0.1) is 11.8 Å². The summed E-state index contributed by atoms with van der Waals surface area (Å²) in [6, 6.07) is 2.42. The quantitative estimate of drug-likeness (QED) is 0.862. The molecule has 3 atom stereocenters. The summed E-state index contributed by atoms with van der Waals surface area (Å²) in [6.45, 7) is 7.18. The van der Waals surface area contributed by atoms with Gasteiger partial charge in [-0.25, -0.2) is 9.78 Å². The van der Waals surface area contributed by atoms with Crippen molar-refractivity contribution < 1.29 is 9.53 Å². The summed E-state index contributed by atoms with van der Waals surface area (Å²) in [5.41, 5.74) is 6.55. The number of hydrogen-bond acceptors (Lipinski definition) is 6. The van der Waals surface area contributed by atoms with E-state index in [1.54, 1.807) is 0 Å². The van der Waals surface area contributed by atoms with Gasteiger partial charge in [0.1, 0.15) is 11.4 Å². The molecule has 3 fully saturated rings. The van der Waals surface area contributed by atoms with Crippen LogP contribution in [-0.2, 0) is 4.74 Å². The highest BCUT2D eigenvalue weighted by atomic mass is 16.6. The van der Waals surface area contributed by atoms with E-state index in [9.17, 15) is 4.79 Å². The van der Waals surface area contributed by atoms with Crippen LogP contribution in [0.1, 0.15) is 58.1 Å². The van der Waals surface area contributed by atoms with Gasteiger partial charge < -0.3 is 20.7 Å². The zero-order valence-corrected chi connectivity index (χ0v) is 15.9. The van der Waals surface area contributed by atoms with Gasteiger partial charge in [0.2, 0.25) is 5.95 Å². The highest BCUT2D eigenvalue weighted by molar-refractivity contribution is 5.69. The number of amides is 1. The zero-order chi connectivity index (χ0) is 18.5. The van der Waals surface area contributed by atoms with Crippen molar-refractivity contribution in [3.8, 4) is 0 Å². The lowest BCUT2D eigenvalue weighted by Gasteiger charge is -2.26. The number of fused-ring (bicyclic) bond motifs is 1. The number of carbonyl (C=O) groups excluding carboxylic acids is 1. The molecule has 0 spiro atoms. The lowest BCUT2D eigenvalue weighted by Crippen LogP contribution is -2.38. The van der Waals surface area contributed by atoms with Crippen LogP contribution in [0.3, 0.4) is 0 Å². The Labute approximate surface area is 154 Å². The summed E-state index contributed by atoms with van der Waals surface area (Å²) < 4.78 is 5.46. The molecule has 1 aliphatic heterocycles. The summed E-state index contributed by atoms with van der Waals surface area (Å²) in [6.07, 6.45) is 4.71. The number of anilines is 2. The molecule has 1 aromatic rings. The number of nitrogen functional groups attached to an aromatic ring is 1. The molecular formula is C19H29N5O2. The number of carbonyl (C=O) groups is 1. The minimum atomic E-state index is -0.448. The molecule has 7 nitrogen and oxygen atoms in total. The Bertz CT molecular complexity index is 684. The second-order valence-corrected chi connectivity index (χ2v) is 8.90. The van der Waals surface area contributed by atoms with Gasteiger partial charge in [-0.05, 0) is 33.6 Å². The monoisotopic (exact) mass is 359 g/mol. The van der Waals surface area contributed by atoms with E-state index >= 15 is 0 Å². The predicted octanol–water partition coefficient (Wildman–Crippen LogP) is 2.99. The smallest absolute Gasteiger partial charge is 0.410 e. The fourth-order valence-electron chi connectivity index (χ4n) is 4.38. The van der Waals surface area contributed by atoms with Crippen molar-refractivity contribution in [1.29, 1.82) is 0 Å². The van der Waals surface area contributed by atoms with E-state index in [2.05, 4.69) is 21.4 Å². The number of piperidine rings is 1. The minimum Gasteiger partial charge on any atom is -0.444 e. The molecule has 1 amide bonds. The molecule has 2 saturated carbocycles. The first-order valence-electron chi connectivity index (χ1n) is 9.69. The Morgan fingerprint density at radius 1 is 1.23 bits per heavy atom. The number of likely N-dealkylation sites (tertiary alicyclic amines) is 1. The summed E-state index contributed by atoms with van der Waals surface area (Å²) in [5, 5.41) is 3.52. The number of nitrogens with two attached hydrogens (primary N) is 1. The van der Waals surface area contributed by atoms with Gasteiger partial charge >= 0.3 is 6.09 Å². The van der Waals surface area contributed by atoms with Gasteiger partial charge in [-0.1, -0.05) is 12.8 Å². The molecule has 1 aromatic heterocycles. The third-order valence-electron chi connectivity index (χ3n) is 5.70. The number of rotatable bonds is 3. The number of nitrogens with one attached hydrogen (secondary N) is 1. The van der Waals surface area contributed by atoms with E-state index in [-0.39, 0.29) is 6.09 Å². The predicted molar refractivity (Wildman–Crippen MR) is 99.9 cm³/mol. The van der Waals surface area contributed by atoms with Gasteiger partial charge in [0, 0.05) is 43.0 Å². The third-order valence-corrected chi connectivity index (χ3v) is 5.70. The van der Waals surface area contributed by atoms with Crippen molar-refractivity contribution in [3.63, 3.8) is 0 Å². The number of nitrogens with zero attached hydrogens (tertiary/aromatic N) is 3. The maximum absolute atomic E-state index is 12.2. The SMILES string of the molecule is CC(C)(C)OC(=O)N1C[C@@H]2C(Nc3cc(C4CCCC4)nc(N)n3)[C@@H]2C1. The molecule has 7 heteroatoms. The Morgan fingerprint density at radius 3 is 2.50 bits per heavy atom. The molecule has 142 valence electrons. The molecule has 0 radical (unpaired) electrons. The molecule has 3 N–H and O–H groups in total. The lowest BCUT2D eigenvalue weighted by molar-refractivity contribution is 0.0272. The van der Waals surface area contributed by atoms with Crippen molar-refractivity contribution in [3.05, 3.63) is 11.8 Å². The lowest BCUT2D eigenvalue weighted by atomic mass is 10.0. The van der Waals surface area contributed by atoms with Crippen LogP contribution >= 0.6 is 0 Å². The highest BCUT2D eigenvalue weighted by Gasteiger charge is 2.57. The maximum atomic E-state index is 12.2. The first kappa shape index (κ1) is 17.4. The zero-order valence-electron chi connectivity index (χ0n) is 15.9. The summed E-state index contributed by atoms with van der Waals surface area (Å²) in [4.78, 5) is 22.8. The molecule has 26 heavy (non-hydrogen) atoms. The van der Waals surface area contributed by atoms with Gasteiger partial charge in [-0.15, -0.1) is 0 Å². The van der Waals surface area contributed by atoms with E-state index in [1.807, 2.05) is 25.7 Å². The van der Waals surface area contributed by atoms with Crippen LogP contribution in [-0.4, -0.2) is 45.7 Å². The number of aromatic nitrogens is 2. The molecule has 0 bridgehead atoms. The summed E-state index contributed by atoms with van der Waals surface area (Å²) in [7, 11) is 0. The standard InChI is InChI=1S/C19H29N5O2/c1-19(2,3)26-18(25)24-9-12-13(10-24)16(12)22-15-8-14(21-17(20)23-15)11-6-4-5-7-11/h8,11-13,16H,4-7,9-10H2,1-3H3,(H3,20,21,22,23)/t12-,13+,16?. The van der Waals surface area contributed by atoms with Crippen LogP contribution in [0.25, 0.3) is 0 Å². The van der Waals surface area contributed by atoms with E-state index in [0.29, 0.717) is 29.7 Å². The van der Waals surface area contributed by atoms with Gasteiger partial charge in [0.05, 0.1) is 5.69 Å². The van der Waals surface area contributed by atoms with Crippen molar-refractivity contribution in [2.24, 2.45) is 11.8 Å². The summed E-state index contributed by atoms with van der Waals surface area (Å²) >= 11 is 0. The first-order chi connectivity index (χ1) is 12.3. The Kier molecular flexibility index (Phi) is 4.20. The van der Waals surface area contributed by atoms with Crippen molar-refractivity contribution in [2.75, 3.05) is 24.1 Å². The van der Waals surface area contributed by atoms with E-state index in [4.69, 9.17) is 10.5 Å². The average molecular weight is 359 g/mol. The van der Waals surface area contributed by atoms with E-state index < -0.39 is 5.60 Å². The van der Waals surface area contributed by atoms with Crippen molar-refractivity contribution >= 4 is 17.9 Å². The molecule has 1 unspecified atom stereocenters. The highest BCUT2D eigenvalue weighted by Crippen LogP contribution is 2.47. The molecule has 2 heterocycles. The van der Waals surface area contributed by atoms with Gasteiger partial charge in [0.15, 0.2) is 0 Å². The largest absolute Gasteiger partial charge is 0.444 e. The Balaban J connectivity index is 1.34. The Hall–Kier alpha value is -2.05. The van der Waals surface area contributed by atoms with Crippen LogP contribution in [0.4, 0.5) is 16.6 Å². The fourth-order valence-corrected chi connectivity index (χ4v) is 4.38. The maximum Gasteiger partial charge on any atom is 0.410 e. The van der Waals surface area contributed by atoms with Crippen LogP contribution in [0.2, 0.25) is 0 Å². The number of ether oxygens (including phenoxy) is 1. The van der Waals surface area contributed by atoms with Crippen molar-refractivity contribution in [1.82, 2.24) is 14.9 Å². The molecule has 0 aromatic carbocycles. The topological polar surface area (TPSA) is 93.4 Å². The molecular weight excluding hydrogens is 330 g/mol. The summed E-state index contributed by atoms with van der Waals surface area (Å²) in [5.74, 6) is 2.62. The van der Waals surface area contributed by atoms with Gasteiger partial charge in [-0.2, -0.15) is 4.98 Å². The van der Waals surface area contributed by atoms with Crippen LogP contribution in [0.5, 0.6) is 0 Å². The van der Waals surface area contributed by atoms with E-state index in [1.165, 1.54) is 25.7 Å². The van der Waals surface area contributed by atoms with Crippen LogP contribution < -0.4 is 11.1 Å². The van der Waals surface area contributed by atoms with Gasteiger partial charge in [0.25, 0.3) is 0 Å². The Morgan fingerprint density at radius 2 is 1.88 bits per heavy atom. The average Bonchev–Trinajstić information content (AvgIpc) is 3.01. The normalized spacial score (nSPS) is 28.1.